The molecule has 0 heterocycles. The minimum absolute atomic E-state index is 0.249. The van der Waals surface area contributed by atoms with E-state index < -0.39 is 5.54 Å². The van der Waals surface area contributed by atoms with Crippen molar-refractivity contribution in [3.05, 3.63) is 0 Å². The van der Waals surface area contributed by atoms with E-state index in [1.165, 1.54) is 19.3 Å². The van der Waals surface area contributed by atoms with Crippen LogP contribution in [0.25, 0.3) is 0 Å². The van der Waals surface area contributed by atoms with Gasteiger partial charge in [-0.2, -0.15) is 0 Å². The molecule has 0 saturated carbocycles. The van der Waals surface area contributed by atoms with Gasteiger partial charge >= 0.3 is 0 Å². The van der Waals surface area contributed by atoms with Crippen molar-refractivity contribution in [1.29, 1.82) is 0 Å². The fourth-order valence-corrected chi connectivity index (χ4v) is 2.52. The van der Waals surface area contributed by atoms with Crippen molar-refractivity contribution in [2.24, 2.45) is 5.73 Å². The van der Waals surface area contributed by atoms with Gasteiger partial charge in [0.15, 0.2) is 0 Å². The summed E-state index contributed by atoms with van der Waals surface area (Å²) in [6, 6.07) is 0.561. The second kappa shape index (κ2) is 10.2. The van der Waals surface area contributed by atoms with Crippen LogP contribution in [0.3, 0.4) is 0 Å². The highest BCUT2D eigenvalue weighted by Crippen LogP contribution is 2.14. The number of amides is 1. The van der Waals surface area contributed by atoms with Crippen molar-refractivity contribution in [3.63, 3.8) is 0 Å². The topological polar surface area (TPSA) is 58.4 Å². The van der Waals surface area contributed by atoms with Gasteiger partial charge in [0, 0.05) is 6.04 Å². The van der Waals surface area contributed by atoms with Gasteiger partial charge in [0.25, 0.3) is 0 Å². The maximum Gasteiger partial charge on any atom is 0.237 e. The fraction of sp³-hybridized carbons (Fsp3) is 0.938. The molecule has 3 N–H and O–H groups in total. The summed E-state index contributed by atoms with van der Waals surface area (Å²) in [6.07, 6.45) is 5.60. The van der Waals surface area contributed by atoms with E-state index in [-0.39, 0.29) is 5.91 Å². The number of primary amides is 1. The second-order valence-corrected chi connectivity index (χ2v) is 6.17. The second-order valence-electron chi connectivity index (χ2n) is 6.17. The third-order valence-electron chi connectivity index (χ3n) is 4.01. The van der Waals surface area contributed by atoms with Gasteiger partial charge in [0.1, 0.15) is 0 Å². The summed E-state index contributed by atoms with van der Waals surface area (Å²) in [4.78, 5) is 14.1. The van der Waals surface area contributed by atoms with Crippen molar-refractivity contribution < 1.29 is 4.79 Å². The minimum Gasteiger partial charge on any atom is -0.368 e. The van der Waals surface area contributed by atoms with Gasteiger partial charge in [-0.3, -0.25) is 4.79 Å². The fourth-order valence-electron chi connectivity index (χ4n) is 2.52. The van der Waals surface area contributed by atoms with Crippen LogP contribution in [0, 0.1) is 0 Å². The Morgan fingerprint density at radius 3 is 2.25 bits per heavy atom. The van der Waals surface area contributed by atoms with Crippen molar-refractivity contribution in [1.82, 2.24) is 10.2 Å². The number of likely N-dealkylation sites (N-methyl/N-ethyl adjacent to an activating group) is 1. The van der Waals surface area contributed by atoms with Crippen LogP contribution in [0.1, 0.15) is 66.7 Å². The van der Waals surface area contributed by atoms with Crippen molar-refractivity contribution >= 4 is 5.91 Å². The Balaban J connectivity index is 4.23. The lowest BCUT2D eigenvalue weighted by molar-refractivity contribution is -0.124. The average molecular weight is 285 g/mol. The third kappa shape index (κ3) is 7.25. The quantitative estimate of drug-likeness (QED) is 0.542. The normalized spacial score (nSPS) is 14.8. The van der Waals surface area contributed by atoms with E-state index in [1.54, 1.807) is 0 Å². The molecule has 4 heteroatoms. The molecule has 0 spiro atoms. The molecule has 0 aliphatic carbocycles. The first kappa shape index (κ1) is 19.4. The first-order valence-electron chi connectivity index (χ1n) is 8.16. The molecule has 1 atom stereocenters. The Hall–Kier alpha value is -0.610. The molecule has 0 aliphatic heterocycles. The van der Waals surface area contributed by atoms with Gasteiger partial charge < -0.3 is 16.0 Å². The Kier molecular flexibility index (Phi) is 9.86. The zero-order chi connectivity index (χ0) is 15.6. The number of hydrogen-bond donors (Lipinski definition) is 2. The Labute approximate surface area is 125 Å². The van der Waals surface area contributed by atoms with Crippen LogP contribution in [-0.4, -0.2) is 42.0 Å². The number of nitrogens with one attached hydrogen (secondary N) is 1. The number of rotatable bonds is 12. The highest BCUT2D eigenvalue weighted by Gasteiger charge is 2.29. The summed E-state index contributed by atoms with van der Waals surface area (Å²) in [5.41, 5.74) is 4.95. The van der Waals surface area contributed by atoms with E-state index in [0.29, 0.717) is 6.04 Å². The molecule has 0 fully saturated rings. The van der Waals surface area contributed by atoms with Crippen molar-refractivity contribution in [2.45, 2.75) is 78.3 Å². The molecule has 1 unspecified atom stereocenters. The van der Waals surface area contributed by atoms with Gasteiger partial charge in [0.2, 0.25) is 5.91 Å². The molecule has 0 aromatic heterocycles. The summed E-state index contributed by atoms with van der Waals surface area (Å²) in [5, 5.41) is 3.22. The Bertz CT molecular complexity index is 268. The predicted molar refractivity (Wildman–Crippen MR) is 86.7 cm³/mol. The maximum atomic E-state index is 11.6. The lowest BCUT2D eigenvalue weighted by atomic mass is 9.94. The lowest BCUT2D eigenvalue weighted by Crippen LogP contribution is -2.53. The lowest BCUT2D eigenvalue weighted by Gasteiger charge is -2.30. The number of nitrogens with two attached hydrogens (primary N) is 1. The Morgan fingerprint density at radius 2 is 1.80 bits per heavy atom. The van der Waals surface area contributed by atoms with Gasteiger partial charge in [-0.15, -0.1) is 0 Å². The molecule has 0 saturated heterocycles. The third-order valence-corrected chi connectivity index (χ3v) is 4.01. The van der Waals surface area contributed by atoms with Crippen LogP contribution in [0.2, 0.25) is 0 Å². The standard InChI is InChI=1S/C16H35N3O/c1-6-8-9-12-19(14(3)4)13-10-11-16(5,15(17)20)18-7-2/h14,18H,6-13H2,1-5H3,(H2,17,20). The molecular formula is C16H35N3O. The highest BCUT2D eigenvalue weighted by atomic mass is 16.1. The van der Waals surface area contributed by atoms with E-state index in [1.807, 2.05) is 13.8 Å². The molecule has 4 nitrogen and oxygen atoms in total. The molecule has 1 amide bonds. The number of hydrogen-bond acceptors (Lipinski definition) is 3. The van der Waals surface area contributed by atoms with E-state index in [2.05, 4.69) is 31.0 Å². The van der Waals surface area contributed by atoms with Crippen LogP contribution < -0.4 is 11.1 Å². The first-order valence-corrected chi connectivity index (χ1v) is 8.16. The van der Waals surface area contributed by atoms with Crippen molar-refractivity contribution in [2.75, 3.05) is 19.6 Å². The molecule has 120 valence electrons. The summed E-state index contributed by atoms with van der Waals surface area (Å²) in [7, 11) is 0. The predicted octanol–water partition coefficient (Wildman–Crippen LogP) is 2.52. The average Bonchev–Trinajstić information content (AvgIpc) is 2.37. The molecule has 0 bridgehead atoms. The zero-order valence-corrected chi connectivity index (χ0v) is 14.2. The van der Waals surface area contributed by atoms with Crippen LogP contribution in [0.5, 0.6) is 0 Å². The van der Waals surface area contributed by atoms with Crippen LogP contribution in [0.15, 0.2) is 0 Å². The van der Waals surface area contributed by atoms with E-state index in [9.17, 15) is 4.79 Å². The summed E-state index contributed by atoms with van der Waals surface area (Å²) in [5.74, 6) is -0.249. The molecule has 0 radical (unpaired) electrons. The Morgan fingerprint density at radius 1 is 1.20 bits per heavy atom. The molecular weight excluding hydrogens is 250 g/mol. The van der Waals surface area contributed by atoms with Crippen LogP contribution in [-0.2, 0) is 4.79 Å². The van der Waals surface area contributed by atoms with Crippen LogP contribution in [0.4, 0.5) is 0 Å². The zero-order valence-electron chi connectivity index (χ0n) is 14.2. The van der Waals surface area contributed by atoms with E-state index in [0.717, 1.165) is 32.5 Å². The van der Waals surface area contributed by atoms with E-state index >= 15 is 0 Å². The van der Waals surface area contributed by atoms with Gasteiger partial charge in [-0.25, -0.2) is 0 Å². The first-order chi connectivity index (χ1) is 9.37. The largest absolute Gasteiger partial charge is 0.368 e. The highest BCUT2D eigenvalue weighted by molar-refractivity contribution is 5.84. The van der Waals surface area contributed by atoms with Gasteiger partial charge in [0.05, 0.1) is 5.54 Å². The SMILES string of the molecule is CCCCCN(CCCC(C)(NCC)C(N)=O)C(C)C. The summed E-state index contributed by atoms with van der Waals surface area (Å²) < 4.78 is 0. The summed E-state index contributed by atoms with van der Waals surface area (Å²) >= 11 is 0. The molecule has 20 heavy (non-hydrogen) atoms. The smallest absolute Gasteiger partial charge is 0.237 e. The number of nitrogens with zero attached hydrogens (tertiary/aromatic N) is 1. The van der Waals surface area contributed by atoms with Crippen LogP contribution >= 0.6 is 0 Å². The van der Waals surface area contributed by atoms with Gasteiger partial charge in [-0.05, 0) is 59.7 Å². The molecule has 0 aliphatic rings. The number of carbonyl (C=O) groups is 1. The van der Waals surface area contributed by atoms with E-state index in [4.69, 9.17) is 5.73 Å². The number of carbonyl (C=O) groups excluding carboxylic acids is 1. The van der Waals surface area contributed by atoms with Crippen molar-refractivity contribution in [3.8, 4) is 0 Å². The minimum atomic E-state index is -0.569. The molecule has 0 aromatic carbocycles. The van der Waals surface area contributed by atoms with Gasteiger partial charge in [-0.1, -0.05) is 26.7 Å². The summed E-state index contributed by atoms with van der Waals surface area (Å²) in [6.45, 7) is 13.6. The molecule has 0 rings (SSSR count). The maximum absolute atomic E-state index is 11.6. The number of unbranched alkanes of at least 4 members (excludes halogenated alkanes) is 2. The molecule has 0 aromatic rings. The monoisotopic (exact) mass is 285 g/mol.